The minimum atomic E-state index is -0.450. The Kier molecular flexibility index (Phi) is 9.17. The van der Waals surface area contributed by atoms with Crippen molar-refractivity contribution in [3.05, 3.63) is 44.8 Å². The molecule has 2 aromatic heterocycles. The van der Waals surface area contributed by atoms with Crippen LogP contribution in [0.2, 0.25) is 0 Å². The molecule has 2 amide bonds. The summed E-state index contributed by atoms with van der Waals surface area (Å²) >= 11 is 3.79. The van der Waals surface area contributed by atoms with E-state index in [0.717, 1.165) is 47.0 Å². The van der Waals surface area contributed by atoms with Crippen molar-refractivity contribution in [2.75, 3.05) is 37.6 Å². The van der Waals surface area contributed by atoms with Gasteiger partial charge in [-0.2, -0.15) is 4.99 Å². The predicted molar refractivity (Wildman–Crippen MR) is 145 cm³/mol. The van der Waals surface area contributed by atoms with Crippen LogP contribution in [0.15, 0.2) is 23.2 Å². The molecule has 12 heteroatoms. The first-order valence-corrected chi connectivity index (χ1v) is 14.5. The number of fused-ring (bicyclic) bond motifs is 2. The zero-order chi connectivity index (χ0) is 26.5. The Morgan fingerprint density at radius 1 is 1.24 bits per heavy atom. The number of hydrogen-bond donors (Lipinski definition) is 1. The predicted octanol–water partition coefficient (Wildman–Crippen LogP) is 4.26. The molecule has 2 heterocycles. The summed E-state index contributed by atoms with van der Waals surface area (Å²) in [5, 5.41) is 3.35. The Morgan fingerprint density at radius 3 is 2.81 bits per heavy atom. The van der Waals surface area contributed by atoms with Gasteiger partial charge in [-0.15, -0.1) is 23.1 Å². The standard InChI is InChI=1S/C25H28FN3O5S3/c1-14-4-6-16-18(10-14)36-23(22(16)24(32)34-3)27-20(30)12-35-13-21(31)28-25-29(8-9-33-2)17-7-5-15(26)11-19(17)37-25/h5,7,11,14H,4,6,8-10,12-13H2,1-3H3,(H,27,30). The maximum atomic E-state index is 13.7. The van der Waals surface area contributed by atoms with E-state index in [1.54, 1.807) is 13.2 Å². The van der Waals surface area contributed by atoms with Crippen LogP contribution in [0.5, 0.6) is 0 Å². The van der Waals surface area contributed by atoms with E-state index >= 15 is 0 Å². The molecule has 1 unspecified atom stereocenters. The van der Waals surface area contributed by atoms with Gasteiger partial charge < -0.3 is 19.4 Å². The number of carbonyl (C=O) groups is 3. The fraction of sp³-hybridized carbons (Fsp3) is 0.440. The number of thiazole rings is 1. The number of aromatic nitrogens is 1. The largest absolute Gasteiger partial charge is 0.465 e. The number of methoxy groups -OCH3 is 2. The highest BCUT2D eigenvalue weighted by atomic mass is 32.2. The molecule has 1 aromatic carbocycles. The summed E-state index contributed by atoms with van der Waals surface area (Å²) in [5.41, 5.74) is 2.19. The molecule has 3 aromatic rings. The first-order valence-electron chi connectivity index (χ1n) is 11.8. The average Bonchev–Trinajstić information content (AvgIpc) is 3.37. The van der Waals surface area contributed by atoms with Gasteiger partial charge in [0.25, 0.3) is 5.91 Å². The van der Waals surface area contributed by atoms with Gasteiger partial charge in [-0.05, 0) is 48.9 Å². The smallest absolute Gasteiger partial charge is 0.341 e. The number of rotatable bonds is 9. The van der Waals surface area contributed by atoms with Gasteiger partial charge in [0.2, 0.25) is 5.91 Å². The van der Waals surface area contributed by atoms with Crippen molar-refractivity contribution in [3.8, 4) is 0 Å². The molecule has 37 heavy (non-hydrogen) atoms. The molecule has 0 bridgehead atoms. The third-order valence-electron chi connectivity index (χ3n) is 6.00. The molecular formula is C25H28FN3O5S3. The van der Waals surface area contributed by atoms with Crippen LogP contribution in [0, 0.1) is 11.7 Å². The molecule has 198 valence electrons. The zero-order valence-corrected chi connectivity index (χ0v) is 23.2. The van der Waals surface area contributed by atoms with Crippen LogP contribution >= 0.6 is 34.4 Å². The maximum Gasteiger partial charge on any atom is 0.341 e. The number of thiophene rings is 1. The van der Waals surface area contributed by atoms with Gasteiger partial charge in [-0.1, -0.05) is 18.3 Å². The molecular weight excluding hydrogens is 537 g/mol. The second-order valence-electron chi connectivity index (χ2n) is 8.74. The Labute approximate surface area is 225 Å². The van der Waals surface area contributed by atoms with E-state index in [1.807, 2.05) is 4.57 Å². The van der Waals surface area contributed by atoms with Gasteiger partial charge in [0, 0.05) is 18.5 Å². The molecule has 0 aliphatic heterocycles. The minimum Gasteiger partial charge on any atom is -0.465 e. The van der Waals surface area contributed by atoms with Gasteiger partial charge >= 0.3 is 5.97 Å². The SMILES string of the molecule is COCCn1c(=NC(=O)CSCC(=O)Nc2sc3c(c2C(=O)OC)CCC(C)C3)sc2cc(F)ccc21. The van der Waals surface area contributed by atoms with E-state index in [-0.39, 0.29) is 23.2 Å². The molecule has 1 aliphatic rings. The van der Waals surface area contributed by atoms with E-state index < -0.39 is 11.9 Å². The summed E-state index contributed by atoms with van der Waals surface area (Å²) in [5.74, 6) is -0.949. The number of benzene rings is 1. The summed E-state index contributed by atoms with van der Waals surface area (Å²) in [6, 6.07) is 4.44. The Morgan fingerprint density at radius 2 is 2.05 bits per heavy atom. The van der Waals surface area contributed by atoms with Crippen LogP contribution in [0.25, 0.3) is 10.2 Å². The van der Waals surface area contributed by atoms with Crippen molar-refractivity contribution in [2.45, 2.75) is 32.7 Å². The monoisotopic (exact) mass is 565 g/mol. The molecule has 0 saturated carbocycles. The number of esters is 1. The number of carbonyl (C=O) groups excluding carboxylic acids is 3. The lowest BCUT2D eigenvalue weighted by molar-refractivity contribution is -0.115. The molecule has 0 radical (unpaired) electrons. The lowest BCUT2D eigenvalue weighted by atomic mass is 9.88. The van der Waals surface area contributed by atoms with Crippen LogP contribution < -0.4 is 10.1 Å². The quantitative estimate of drug-likeness (QED) is 0.390. The molecule has 0 spiro atoms. The third-order valence-corrected chi connectivity index (χ3v) is 9.13. The fourth-order valence-electron chi connectivity index (χ4n) is 4.22. The highest BCUT2D eigenvalue weighted by molar-refractivity contribution is 8.00. The normalized spacial score (nSPS) is 15.6. The van der Waals surface area contributed by atoms with Crippen molar-refractivity contribution in [1.29, 1.82) is 0 Å². The van der Waals surface area contributed by atoms with Crippen molar-refractivity contribution in [2.24, 2.45) is 10.9 Å². The van der Waals surface area contributed by atoms with Gasteiger partial charge in [-0.3, -0.25) is 9.59 Å². The number of nitrogens with zero attached hydrogens (tertiary/aromatic N) is 2. The van der Waals surface area contributed by atoms with Crippen molar-refractivity contribution < 1.29 is 28.2 Å². The van der Waals surface area contributed by atoms with Gasteiger partial charge in [0.15, 0.2) is 4.80 Å². The Balaban J connectivity index is 1.41. The van der Waals surface area contributed by atoms with Crippen molar-refractivity contribution in [3.63, 3.8) is 0 Å². The summed E-state index contributed by atoms with van der Waals surface area (Å²) in [6.07, 6.45) is 2.65. The van der Waals surface area contributed by atoms with Gasteiger partial charge in [0.05, 0.1) is 41.0 Å². The van der Waals surface area contributed by atoms with E-state index in [9.17, 15) is 18.8 Å². The third kappa shape index (κ3) is 6.49. The highest BCUT2D eigenvalue weighted by Crippen LogP contribution is 2.40. The summed E-state index contributed by atoms with van der Waals surface area (Å²) in [6.45, 7) is 3.06. The number of halogens is 1. The van der Waals surface area contributed by atoms with Crippen LogP contribution in [0.1, 0.15) is 34.1 Å². The fourth-order valence-corrected chi connectivity index (χ4v) is 7.33. The van der Waals surface area contributed by atoms with Gasteiger partial charge in [0.1, 0.15) is 10.8 Å². The zero-order valence-electron chi connectivity index (χ0n) is 20.8. The lowest BCUT2D eigenvalue weighted by Gasteiger charge is -2.18. The van der Waals surface area contributed by atoms with Crippen molar-refractivity contribution >= 4 is 67.4 Å². The number of hydrogen-bond acceptors (Lipinski definition) is 8. The summed E-state index contributed by atoms with van der Waals surface area (Å²) < 4.78 is 26.3. The summed E-state index contributed by atoms with van der Waals surface area (Å²) in [4.78, 5) is 43.4. The number of nitrogens with one attached hydrogen (secondary N) is 1. The highest BCUT2D eigenvalue weighted by Gasteiger charge is 2.28. The maximum absolute atomic E-state index is 13.7. The first kappa shape index (κ1) is 27.5. The molecule has 1 N–H and O–H groups in total. The minimum absolute atomic E-state index is 0.00260. The molecule has 1 aliphatic carbocycles. The van der Waals surface area contributed by atoms with Crippen molar-refractivity contribution in [1.82, 2.24) is 4.57 Å². The lowest BCUT2D eigenvalue weighted by Crippen LogP contribution is -2.20. The number of amides is 2. The topological polar surface area (TPSA) is 99.0 Å². The van der Waals surface area contributed by atoms with Crippen LogP contribution in [-0.4, -0.2) is 54.7 Å². The molecule has 0 saturated heterocycles. The van der Waals surface area contributed by atoms with E-state index in [1.165, 1.54) is 41.9 Å². The second kappa shape index (κ2) is 12.3. The first-order chi connectivity index (χ1) is 17.8. The Bertz CT molecular complexity index is 1390. The summed E-state index contributed by atoms with van der Waals surface area (Å²) in [7, 11) is 2.92. The number of anilines is 1. The van der Waals surface area contributed by atoms with E-state index in [4.69, 9.17) is 9.47 Å². The average molecular weight is 566 g/mol. The molecule has 4 rings (SSSR count). The van der Waals surface area contributed by atoms with Crippen LogP contribution in [-0.2, 0) is 38.4 Å². The molecule has 1 atom stereocenters. The van der Waals surface area contributed by atoms with E-state index in [0.29, 0.717) is 39.1 Å². The Hall–Kier alpha value is -2.54. The molecule has 0 fully saturated rings. The molecule has 8 nitrogen and oxygen atoms in total. The van der Waals surface area contributed by atoms with E-state index in [2.05, 4.69) is 17.2 Å². The van der Waals surface area contributed by atoms with Crippen LogP contribution in [0.4, 0.5) is 9.39 Å². The second-order valence-corrected chi connectivity index (χ2v) is 11.8. The van der Waals surface area contributed by atoms with Crippen LogP contribution in [0.3, 0.4) is 0 Å². The van der Waals surface area contributed by atoms with Gasteiger partial charge in [-0.25, -0.2) is 9.18 Å². The number of ether oxygens (including phenoxy) is 2. The number of thioether (sulfide) groups is 1.